The molecule has 2 aliphatic heterocycles. The van der Waals surface area contributed by atoms with Crippen LogP contribution in [0.4, 0.5) is 11.6 Å². The van der Waals surface area contributed by atoms with Crippen molar-refractivity contribution in [3.05, 3.63) is 24.3 Å². The molecule has 0 spiro atoms. The fraction of sp³-hybridized carbons (Fsp3) is 0.471. The minimum absolute atomic E-state index is 0.420. The monoisotopic (exact) mass is 327 g/mol. The van der Waals surface area contributed by atoms with Gasteiger partial charge in [-0.2, -0.15) is 0 Å². The Bertz CT molecular complexity index is 760. The van der Waals surface area contributed by atoms with E-state index in [0.717, 1.165) is 35.8 Å². The Hall–Kier alpha value is -2.41. The second kappa shape index (κ2) is 6.24. The molecule has 3 heterocycles. The van der Waals surface area contributed by atoms with Crippen LogP contribution in [-0.4, -0.2) is 54.8 Å². The van der Waals surface area contributed by atoms with Crippen LogP contribution >= 0.6 is 0 Å². The molecule has 0 saturated carbocycles. The van der Waals surface area contributed by atoms with Gasteiger partial charge in [0, 0.05) is 19.6 Å². The van der Waals surface area contributed by atoms with Gasteiger partial charge in [-0.05, 0) is 25.0 Å². The average Bonchev–Trinajstić information content (AvgIpc) is 3.15. The van der Waals surface area contributed by atoms with Crippen LogP contribution in [0.5, 0.6) is 0 Å². The van der Waals surface area contributed by atoms with Crippen LogP contribution in [-0.2, 0) is 9.53 Å². The molecule has 1 atom stereocenters. The zero-order valence-electron chi connectivity index (χ0n) is 13.5. The number of carbonyl (C=O) groups is 1. The van der Waals surface area contributed by atoms with Gasteiger partial charge in [0.1, 0.15) is 0 Å². The summed E-state index contributed by atoms with van der Waals surface area (Å²) in [6.07, 6.45) is 1.74. The van der Waals surface area contributed by atoms with E-state index in [9.17, 15) is 4.79 Å². The van der Waals surface area contributed by atoms with Crippen LogP contribution in [0.15, 0.2) is 24.3 Å². The van der Waals surface area contributed by atoms with E-state index in [0.29, 0.717) is 19.7 Å². The number of benzene rings is 1. The van der Waals surface area contributed by atoms with Crippen LogP contribution in [0, 0.1) is 0 Å². The van der Waals surface area contributed by atoms with Crippen LogP contribution in [0.1, 0.15) is 12.8 Å². The zero-order valence-corrected chi connectivity index (χ0v) is 13.5. The minimum atomic E-state index is -0.599. The van der Waals surface area contributed by atoms with Crippen molar-refractivity contribution in [3.63, 3.8) is 0 Å². The number of hydrogen-bond acceptors (Lipinski definition) is 6. The number of nitrogens with zero attached hydrogens (tertiary/aromatic N) is 4. The van der Waals surface area contributed by atoms with Crippen LogP contribution in [0.25, 0.3) is 11.0 Å². The summed E-state index contributed by atoms with van der Waals surface area (Å²) in [5.74, 6) is 1.29. The highest BCUT2D eigenvalue weighted by Gasteiger charge is 2.29. The van der Waals surface area contributed by atoms with Gasteiger partial charge in [0.2, 0.25) is 5.91 Å². The number of ether oxygens (including phenoxy) is 1. The Labute approximate surface area is 140 Å². The van der Waals surface area contributed by atoms with Gasteiger partial charge in [-0.25, -0.2) is 9.97 Å². The third-order valence-electron chi connectivity index (χ3n) is 4.62. The number of carbonyl (C=O) groups excluding carboxylic acids is 1. The quantitative estimate of drug-likeness (QED) is 0.902. The van der Waals surface area contributed by atoms with Gasteiger partial charge in [-0.15, -0.1) is 0 Å². The van der Waals surface area contributed by atoms with E-state index in [2.05, 4.69) is 9.80 Å². The number of fused-ring (bicyclic) bond motifs is 1. The van der Waals surface area contributed by atoms with E-state index < -0.39 is 12.0 Å². The largest absolute Gasteiger partial charge is 0.367 e. The predicted molar refractivity (Wildman–Crippen MR) is 92.1 cm³/mol. The van der Waals surface area contributed by atoms with Crippen molar-refractivity contribution in [2.75, 3.05) is 42.6 Å². The molecule has 24 heavy (non-hydrogen) atoms. The third kappa shape index (κ3) is 2.75. The average molecular weight is 327 g/mol. The van der Waals surface area contributed by atoms with Crippen molar-refractivity contribution in [3.8, 4) is 0 Å². The molecule has 4 rings (SSSR count). The molecule has 2 aromatic rings. The molecule has 2 fully saturated rings. The summed E-state index contributed by atoms with van der Waals surface area (Å²) in [6, 6.07) is 7.88. The summed E-state index contributed by atoms with van der Waals surface area (Å²) in [7, 11) is 0. The van der Waals surface area contributed by atoms with Crippen molar-refractivity contribution in [1.29, 1.82) is 0 Å². The van der Waals surface area contributed by atoms with Crippen LogP contribution in [0.2, 0.25) is 0 Å². The Kier molecular flexibility index (Phi) is 3.93. The molecule has 1 amide bonds. The Balaban J connectivity index is 1.76. The SMILES string of the molecule is NC(=O)C1CN(c2nc3ccccc3nc2N2CCCC2)CCO1. The summed E-state index contributed by atoms with van der Waals surface area (Å²) in [6.45, 7) is 3.54. The molecule has 2 aliphatic rings. The van der Waals surface area contributed by atoms with E-state index >= 15 is 0 Å². The first-order valence-electron chi connectivity index (χ1n) is 8.40. The second-order valence-corrected chi connectivity index (χ2v) is 6.26. The molecule has 2 saturated heterocycles. The molecular weight excluding hydrogens is 306 g/mol. The lowest BCUT2D eigenvalue weighted by Gasteiger charge is -2.34. The molecule has 0 radical (unpaired) electrons. The van der Waals surface area contributed by atoms with E-state index in [1.807, 2.05) is 24.3 Å². The number of anilines is 2. The highest BCUT2D eigenvalue weighted by Crippen LogP contribution is 2.31. The van der Waals surface area contributed by atoms with Gasteiger partial charge >= 0.3 is 0 Å². The van der Waals surface area contributed by atoms with Crippen molar-refractivity contribution in [1.82, 2.24) is 9.97 Å². The van der Waals surface area contributed by atoms with E-state index in [-0.39, 0.29) is 0 Å². The fourth-order valence-corrected chi connectivity index (χ4v) is 3.35. The first-order valence-corrected chi connectivity index (χ1v) is 8.40. The summed E-state index contributed by atoms with van der Waals surface area (Å²) < 4.78 is 5.47. The summed E-state index contributed by atoms with van der Waals surface area (Å²) >= 11 is 0. The number of aromatic nitrogens is 2. The molecule has 1 unspecified atom stereocenters. The maximum absolute atomic E-state index is 11.5. The molecule has 2 N–H and O–H groups in total. The lowest BCUT2D eigenvalue weighted by molar-refractivity contribution is -0.130. The van der Waals surface area contributed by atoms with Gasteiger partial charge < -0.3 is 20.3 Å². The van der Waals surface area contributed by atoms with Gasteiger partial charge in [-0.1, -0.05) is 12.1 Å². The first-order chi connectivity index (χ1) is 11.7. The number of hydrogen-bond donors (Lipinski definition) is 1. The molecule has 1 aromatic carbocycles. The summed E-state index contributed by atoms with van der Waals surface area (Å²) in [4.78, 5) is 25.6. The Morgan fingerprint density at radius 2 is 1.67 bits per heavy atom. The Morgan fingerprint density at radius 1 is 1.04 bits per heavy atom. The second-order valence-electron chi connectivity index (χ2n) is 6.26. The molecule has 126 valence electrons. The number of para-hydroxylation sites is 2. The maximum atomic E-state index is 11.5. The lowest BCUT2D eigenvalue weighted by Crippen LogP contribution is -2.49. The van der Waals surface area contributed by atoms with Crippen molar-refractivity contribution in [2.24, 2.45) is 5.73 Å². The molecule has 0 aliphatic carbocycles. The van der Waals surface area contributed by atoms with E-state index in [4.69, 9.17) is 20.4 Å². The number of primary amides is 1. The zero-order chi connectivity index (χ0) is 16.5. The highest BCUT2D eigenvalue weighted by molar-refractivity contribution is 5.82. The normalized spacial score (nSPS) is 21.4. The smallest absolute Gasteiger partial charge is 0.248 e. The molecule has 7 nitrogen and oxygen atoms in total. The topological polar surface area (TPSA) is 84.6 Å². The predicted octanol–water partition coefficient (Wildman–Crippen LogP) is 0.920. The lowest BCUT2D eigenvalue weighted by atomic mass is 10.2. The maximum Gasteiger partial charge on any atom is 0.248 e. The van der Waals surface area contributed by atoms with Gasteiger partial charge in [-0.3, -0.25) is 4.79 Å². The Morgan fingerprint density at radius 3 is 2.29 bits per heavy atom. The molecular formula is C17H21N5O2. The van der Waals surface area contributed by atoms with E-state index in [1.165, 1.54) is 12.8 Å². The number of rotatable bonds is 3. The molecule has 0 bridgehead atoms. The van der Waals surface area contributed by atoms with Crippen molar-refractivity contribution < 1.29 is 9.53 Å². The summed E-state index contributed by atoms with van der Waals surface area (Å²) in [5, 5.41) is 0. The van der Waals surface area contributed by atoms with Gasteiger partial charge in [0.05, 0.1) is 24.2 Å². The minimum Gasteiger partial charge on any atom is -0.367 e. The van der Waals surface area contributed by atoms with E-state index in [1.54, 1.807) is 0 Å². The van der Waals surface area contributed by atoms with Gasteiger partial charge in [0.15, 0.2) is 17.7 Å². The van der Waals surface area contributed by atoms with Gasteiger partial charge in [0.25, 0.3) is 0 Å². The van der Waals surface area contributed by atoms with Crippen LogP contribution < -0.4 is 15.5 Å². The molecule has 7 heteroatoms. The number of amides is 1. The molecule has 1 aromatic heterocycles. The third-order valence-corrected chi connectivity index (χ3v) is 4.62. The highest BCUT2D eigenvalue weighted by atomic mass is 16.5. The van der Waals surface area contributed by atoms with Crippen LogP contribution in [0.3, 0.4) is 0 Å². The number of morpholine rings is 1. The summed E-state index contributed by atoms with van der Waals surface area (Å²) in [5.41, 5.74) is 7.17. The standard InChI is InChI=1S/C17H21N5O2/c18-15(23)14-11-22(9-10-24-14)17-16(21-7-3-4-8-21)19-12-5-1-2-6-13(12)20-17/h1-2,5-6,14H,3-4,7-11H2,(H2,18,23). The van der Waals surface area contributed by atoms with Crippen molar-refractivity contribution >= 4 is 28.6 Å². The fourth-order valence-electron chi connectivity index (χ4n) is 3.35. The van der Waals surface area contributed by atoms with Crippen molar-refractivity contribution in [2.45, 2.75) is 18.9 Å². The first kappa shape index (κ1) is 15.1. The number of nitrogens with two attached hydrogens (primary N) is 1.